The number of carbonyl (C=O) groups is 1. The maximum Gasteiger partial charge on any atom is 0.229 e. The Balaban J connectivity index is 2.27. The molecule has 0 aliphatic heterocycles. The van der Waals surface area contributed by atoms with Gasteiger partial charge < -0.3 is 15.4 Å². The number of benzene rings is 2. The van der Waals surface area contributed by atoms with Gasteiger partial charge in [-0.05, 0) is 17.7 Å². The van der Waals surface area contributed by atoms with Crippen LogP contribution in [-0.4, -0.2) is 15.6 Å². The van der Waals surface area contributed by atoms with Crippen LogP contribution in [0.15, 0.2) is 54.7 Å². The van der Waals surface area contributed by atoms with Gasteiger partial charge in [-0.1, -0.05) is 36.4 Å². The second kappa shape index (κ2) is 4.98. The molecule has 1 aromatic heterocycles. The van der Waals surface area contributed by atoms with Gasteiger partial charge >= 0.3 is 0 Å². The molecule has 4 nitrogen and oxygen atoms in total. The quantitative estimate of drug-likeness (QED) is 0.774. The number of hydrogen-bond donors (Lipinski definition) is 2. The number of aryl methyl sites for hydroxylation is 1. The molecule has 0 saturated heterocycles. The first kappa shape index (κ1) is 13.2. The van der Waals surface area contributed by atoms with E-state index in [9.17, 15) is 9.90 Å². The lowest BCUT2D eigenvalue weighted by Gasteiger charge is -2.14. The van der Waals surface area contributed by atoms with Gasteiger partial charge in [0.05, 0.1) is 5.92 Å². The van der Waals surface area contributed by atoms with Crippen LogP contribution in [0.5, 0.6) is 5.75 Å². The standard InChI is InChI=1S/C17H16N2O2/c1-19-10-13(11-6-2-4-8-14(11)19)16(17(18)21)12-7-3-5-9-15(12)20/h2-10,16,20H,1H3,(H2,18,21). The molecule has 3 aromatic rings. The monoisotopic (exact) mass is 280 g/mol. The summed E-state index contributed by atoms with van der Waals surface area (Å²) in [6, 6.07) is 14.6. The molecule has 0 aliphatic carbocycles. The Hall–Kier alpha value is -2.75. The first-order valence-electron chi connectivity index (χ1n) is 6.70. The van der Waals surface area contributed by atoms with Crippen LogP contribution < -0.4 is 5.73 Å². The van der Waals surface area contributed by atoms with E-state index in [-0.39, 0.29) is 5.75 Å². The second-order valence-electron chi connectivity index (χ2n) is 5.11. The SMILES string of the molecule is Cn1cc(C(C(N)=O)c2ccccc2O)c2ccccc21. The maximum absolute atomic E-state index is 12.0. The summed E-state index contributed by atoms with van der Waals surface area (Å²) in [6.07, 6.45) is 1.90. The molecule has 2 aromatic carbocycles. The Bertz CT molecular complexity index is 821. The molecule has 1 unspecified atom stereocenters. The fourth-order valence-corrected chi connectivity index (χ4v) is 2.81. The molecular weight excluding hydrogens is 264 g/mol. The molecule has 3 rings (SSSR count). The molecule has 1 atom stereocenters. The lowest BCUT2D eigenvalue weighted by molar-refractivity contribution is -0.118. The van der Waals surface area contributed by atoms with Gasteiger partial charge in [-0.3, -0.25) is 4.79 Å². The summed E-state index contributed by atoms with van der Waals surface area (Å²) < 4.78 is 1.96. The summed E-state index contributed by atoms with van der Waals surface area (Å²) in [4.78, 5) is 12.0. The molecule has 0 aliphatic rings. The number of nitrogens with zero attached hydrogens (tertiary/aromatic N) is 1. The number of fused-ring (bicyclic) bond motifs is 1. The third-order valence-electron chi connectivity index (χ3n) is 3.77. The van der Waals surface area contributed by atoms with E-state index in [4.69, 9.17) is 5.73 Å². The molecule has 3 N–H and O–H groups in total. The zero-order valence-electron chi connectivity index (χ0n) is 11.7. The van der Waals surface area contributed by atoms with Crippen LogP contribution in [0.25, 0.3) is 10.9 Å². The van der Waals surface area contributed by atoms with E-state index in [1.54, 1.807) is 24.3 Å². The number of aromatic nitrogens is 1. The van der Waals surface area contributed by atoms with Crippen LogP contribution in [-0.2, 0) is 11.8 Å². The predicted octanol–water partition coefficient (Wildman–Crippen LogP) is 2.50. The highest BCUT2D eigenvalue weighted by atomic mass is 16.3. The summed E-state index contributed by atoms with van der Waals surface area (Å²) in [7, 11) is 1.93. The van der Waals surface area contributed by atoms with Crippen molar-refractivity contribution in [3.63, 3.8) is 0 Å². The van der Waals surface area contributed by atoms with Crippen LogP contribution in [0, 0.1) is 0 Å². The lowest BCUT2D eigenvalue weighted by Crippen LogP contribution is -2.22. The van der Waals surface area contributed by atoms with E-state index in [0.29, 0.717) is 5.56 Å². The topological polar surface area (TPSA) is 68.2 Å². The number of phenols is 1. The fourth-order valence-electron chi connectivity index (χ4n) is 2.81. The summed E-state index contributed by atoms with van der Waals surface area (Å²) in [5.41, 5.74) is 7.97. The molecule has 4 heteroatoms. The molecule has 0 saturated carbocycles. The molecule has 106 valence electrons. The minimum absolute atomic E-state index is 0.0780. The molecule has 1 amide bonds. The third kappa shape index (κ3) is 2.14. The van der Waals surface area contributed by atoms with Crippen LogP contribution in [0.3, 0.4) is 0 Å². The van der Waals surface area contributed by atoms with Gasteiger partial charge in [-0.15, -0.1) is 0 Å². The number of hydrogen-bond acceptors (Lipinski definition) is 2. The number of primary amides is 1. The Morgan fingerprint density at radius 2 is 1.76 bits per heavy atom. The highest BCUT2D eigenvalue weighted by Crippen LogP contribution is 2.35. The van der Waals surface area contributed by atoms with E-state index in [1.165, 1.54) is 0 Å². The first-order valence-corrected chi connectivity index (χ1v) is 6.70. The summed E-state index contributed by atoms with van der Waals surface area (Å²) in [6.45, 7) is 0. The average Bonchev–Trinajstić information content (AvgIpc) is 2.79. The number of aromatic hydroxyl groups is 1. The van der Waals surface area contributed by atoms with Gasteiger partial charge in [0.2, 0.25) is 5.91 Å². The van der Waals surface area contributed by atoms with Crippen LogP contribution in [0.2, 0.25) is 0 Å². The van der Waals surface area contributed by atoms with Crippen LogP contribution in [0.1, 0.15) is 17.0 Å². The zero-order chi connectivity index (χ0) is 15.0. The Morgan fingerprint density at radius 3 is 2.48 bits per heavy atom. The second-order valence-corrected chi connectivity index (χ2v) is 5.11. The third-order valence-corrected chi connectivity index (χ3v) is 3.77. The molecule has 0 bridgehead atoms. The average molecular weight is 280 g/mol. The van der Waals surface area contributed by atoms with Crippen molar-refractivity contribution < 1.29 is 9.90 Å². The van der Waals surface area contributed by atoms with E-state index < -0.39 is 11.8 Å². The number of rotatable bonds is 3. The van der Waals surface area contributed by atoms with Crippen molar-refractivity contribution >= 4 is 16.8 Å². The number of carbonyl (C=O) groups excluding carboxylic acids is 1. The number of amides is 1. The molecule has 21 heavy (non-hydrogen) atoms. The van der Waals surface area contributed by atoms with Crippen molar-refractivity contribution in [3.05, 3.63) is 65.9 Å². The highest BCUT2D eigenvalue weighted by Gasteiger charge is 2.26. The molecule has 0 fully saturated rings. The predicted molar refractivity (Wildman–Crippen MR) is 82.1 cm³/mol. The minimum Gasteiger partial charge on any atom is -0.508 e. The molecular formula is C17H16N2O2. The number of para-hydroxylation sites is 2. The molecule has 1 heterocycles. The Kier molecular flexibility index (Phi) is 3.14. The van der Waals surface area contributed by atoms with E-state index in [0.717, 1.165) is 16.5 Å². The van der Waals surface area contributed by atoms with Crippen molar-refractivity contribution in [2.24, 2.45) is 12.8 Å². The summed E-state index contributed by atoms with van der Waals surface area (Å²) in [5.74, 6) is -1.07. The summed E-state index contributed by atoms with van der Waals surface area (Å²) >= 11 is 0. The minimum atomic E-state index is -0.669. The van der Waals surface area contributed by atoms with Gasteiger partial charge in [0.15, 0.2) is 0 Å². The first-order chi connectivity index (χ1) is 10.1. The van der Waals surface area contributed by atoms with Gasteiger partial charge in [0.1, 0.15) is 5.75 Å². The van der Waals surface area contributed by atoms with E-state index >= 15 is 0 Å². The normalized spacial score (nSPS) is 12.4. The number of phenolic OH excluding ortho intramolecular Hbond substituents is 1. The van der Waals surface area contributed by atoms with Crippen molar-refractivity contribution in [1.29, 1.82) is 0 Å². The Morgan fingerprint density at radius 1 is 1.10 bits per heavy atom. The smallest absolute Gasteiger partial charge is 0.229 e. The summed E-state index contributed by atoms with van der Waals surface area (Å²) in [5, 5.41) is 11.0. The van der Waals surface area contributed by atoms with Crippen molar-refractivity contribution in [2.45, 2.75) is 5.92 Å². The van der Waals surface area contributed by atoms with Gasteiger partial charge in [-0.2, -0.15) is 0 Å². The van der Waals surface area contributed by atoms with E-state index in [2.05, 4.69) is 0 Å². The van der Waals surface area contributed by atoms with Gasteiger partial charge in [-0.25, -0.2) is 0 Å². The van der Waals surface area contributed by atoms with Crippen molar-refractivity contribution in [1.82, 2.24) is 4.57 Å². The molecule has 0 spiro atoms. The van der Waals surface area contributed by atoms with Crippen LogP contribution >= 0.6 is 0 Å². The van der Waals surface area contributed by atoms with Gasteiger partial charge in [0, 0.05) is 29.7 Å². The highest BCUT2D eigenvalue weighted by molar-refractivity contribution is 5.94. The maximum atomic E-state index is 12.0. The Labute approximate surface area is 122 Å². The van der Waals surface area contributed by atoms with Crippen LogP contribution in [0.4, 0.5) is 0 Å². The largest absolute Gasteiger partial charge is 0.508 e. The van der Waals surface area contributed by atoms with Crippen molar-refractivity contribution in [2.75, 3.05) is 0 Å². The van der Waals surface area contributed by atoms with Gasteiger partial charge in [0.25, 0.3) is 0 Å². The lowest BCUT2D eigenvalue weighted by atomic mass is 9.90. The zero-order valence-corrected chi connectivity index (χ0v) is 11.7. The molecule has 0 radical (unpaired) electrons. The number of nitrogens with two attached hydrogens (primary N) is 1. The van der Waals surface area contributed by atoms with E-state index in [1.807, 2.05) is 42.1 Å². The van der Waals surface area contributed by atoms with Crippen molar-refractivity contribution in [3.8, 4) is 5.75 Å². The fraction of sp³-hybridized carbons (Fsp3) is 0.118.